The fraction of sp³-hybridized carbons (Fsp3) is 0.423. The zero-order valence-electron chi connectivity index (χ0n) is 18.6. The number of piperidine rings is 2. The standard InChI is InChI=1S/C26H29Cl2N3O/c1-17-22(26(32)31(29(17)2)21-6-4-3-5-7-21)16-30-15-19-9-11-25(30)20(13-19)12-18-8-10-23(27)24(28)14-18/h3-8,10,14,19-20,25H,9,11-13,15-16H2,1-2H3. The second-order valence-corrected chi connectivity index (χ2v) is 10.2. The highest BCUT2D eigenvalue weighted by Gasteiger charge is 2.41. The third-order valence-electron chi connectivity index (χ3n) is 7.53. The molecule has 3 fully saturated rings. The van der Waals surface area contributed by atoms with Crippen molar-refractivity contribution in [2.75, 3.05) is 6.54 Å². The van der Waals surface area contributed by atoms with Crippen molar-refractivity contribution < 1.29 is 0 Å². The van der Waals surface area contributed by atoms with Crippen molar-refractivity contribution in [1.82, 2.24) is 14.3 Å². The molecule has 3 atom stereocenters. The highest BCUT2D eigenvalue weighted by Crippen LogP contribution is 2.41. The highest BCUT2D eigenvalue weighted by molar-refractivity contribution is 6.42. The van der Waals surface area contributed by atoms with Crippen LogP contribution in [-0.2, 0) is 20.0 Å². The quantitative estimate of drug-likeness (QED) is 0.484. The van der Waals surface area contributed by atoms with Gasteiger partial charge in [-0.05, 0) is 74.3 Å². The molecular weight excluding hydrogens is 441 g/mol. The van der Waals surface area contributed by atoms with Crippen molar-refractivity contribution in [3.8, 4) is 5.69 Å². The van der Waals surface area contributed by atoms with E-state index in [1.807, 2.05) is 54.2 Å². The first-order chi connectivity index (χ1) is 15.4. The molecular formula is C26H29Cl2N3O. The molecule has 0 radical (unpaired) electrons. The number of hydrogen-bond donors (Lipinski definition) is 0. The highest BCUT2D eigenvalue weighted by atomic mass is 35.5. The summed E-state index contributed by atoms with van der Waals surface area (Å²) in [7, 11) is 1.97. The van der Waals surface area contributed by atoms with E-state index >= 15 is 0 Å². The van der Waals surface area contributed by atoms with Gasteiger partial charge in [-0.2, -0.15) is 0 Å². The van der Waals surface area contributed by atoms with Crippen molar-refractivity contribution in [1.29, 1.82) is 0 Å². The molecule has 1 aliphatic carbocycles. The van der Waals surface area contributed by atoms with E-state index in [1.165, 1.54) is 24.8 Å². The maximum atomic E-state index is 13.4. The molecule has 2 aromatic carbocycles. The summed E-state index contributed by atoms with van der Waals surface area (Å²) < 4.78 is 3.78. The van der Waals surface area contributed by atoms with Crippen molar-refractivity contribution in [2.24, 2.45) is 18.9 Å². The van der Waals surface area contributed by atoms with Gasteiger partial charge in [-0.25, -0.2) is 4.68 Å². The van der Waals surface area contributed by atoms with Gasteiger partial charge in [0.2, 0.25) is 0 Å². The van der Waals surface area contributed by atoms with Crippen LogP contribution in [0, 0.1) is 18.8 Å². The topological polar surface area (TPSA) is 30.2 Å². The molecule has 2 aliphatic heterocycles. The van der Waals surface area contributed by atoms with Gasteiger partial charge in [-0.3, -0.25) is 14.4 Å². The summed E-state index contributed by atoms with van der Waals surface area (Å²) in [6.07, 6.45) is 4.76. The monoisotopic (exact) mass is 469 g/mol. The molecule has 1 saturated carbocycles. The van der Waals surface area contributed by atoms with E-state index in [1.54, 1.807) is 4.68 Å². The Kier molecular flexibility index (Phi) is 5.96. The Morgan fingerprint density at radius 3 is 2.53 bits per heavy atom. The van der Waals surface area contributed by atoms with Gasteiger partial charge in [-0.15, -0.1) is 0 Å². The van der Waals surface area contributed by atoms with Crippen LogP contribution in [0.4, 0.5) is 0 Å². The van der Waals surface area contributed by atoms with Crippen LogP contribution in [0.3, 0.4) is 0 Å². The summed E-state index contributed by atoms with van der Waals surface area (Å²) in [4.78, 5) is 16.0. The van der Waals surface area contributed by atoms with Gasteiger partial charge in [0, 0.05) is 31.9 Å². The number of fused-ring (bicyclic) bond motifs is 3. The molecule has 0 amide bonds. The van der Waals surface area contributed by atoms with E-state index in [-0.39, 0.29) is 5.56 Å². The smallest absolute Gasteiger partial charge is 0.276 e. The van der Waals surface area contributed by atoms with Crippen LogP contribution in [0.15, 0.2) is 53.3 Å². The second-order valence-electron chi connectivity index (χ2n) is 9.43. The number of halogens is 2. The molecule has 6 heteroatoms. The predicted octanol–water partition coefficient (Wildman–Crippen LogP) is 5.63. The van der Waals surface area contributed by atoms with Crippen molar-refractivity contribution in [3.63, 3.8) is 0 Å². The third-order valence-corrected chi connectivity index (χ3v) is 8.27. The lowest BCUT2D eigenvalue weighted by molar-refractivity contribution is -0.00462. The molecule has 0 N–H and O–H groups in total. The number of para-hydroxylation sites is 1. The molecule has 3 aliphatic rings. The van der Waals surface area contributed by atoms with Crippen molar-refractivity contribution in [3.05, 3.63) is 85.8 Å². The number of hydrogen-bond acceptors (Lipinski definition) is 2. The van der Waals surface area contributed by atoms with Crippen LogP contribution >= 0.6 is 23.2 Å². The fourth-order valence-corrected chi connectivity index (χ4v) is 6.16. The Morgan fingerprint density at radius 2 is 1.81 bits per heavy atom. The summed E-state index contributed by atoms with van der Waals surface area (Å²) in [5.41, 5.74) is 4.21. The largest absolute Gasteiger partial charge is 0.295 e. The molecule has 32 heavy (non-hydrogen) atoms. The second kappa shape index (κ2) is 8.74. The van der Waals surface area contributed by atoms with Gasteiger partial charge >= 0.3 is 0 Å². The number of aromatic nitrogens is 2. The van der Waals surface area contributed by atoms with Gasteiger partial charge in [0.1, 0.15) is 0 Å². The SMILES string of the molecule is Cc1c(CN2CC3CCC2C(Cc2ccc(Cl)c(Cl)c2)C3)c(=O)n(-c2ccccc2)n1C. The van der Waals surface area contributed by atoms with Gasteiger partial charge < -0.3 is 0 Å². The Morgan fingerprint density at radius 1 is 1.03 bits per heavy atom. The molecule has 2 bridgehead atoms. The minimum absolute atomic E-state index is 0.0960. The van der Waals surface area contributed by atoms with Gasteiger partial charge in [-0.1, -0.05) is 47.5 Å². The lowest BCUT2D eigenvalue weighted by Crippen LogP contribution is -2.53. The number of rotatable bonds is 5. The molecule has 2 saturated heterocycles. The van der Waals surface area contributed by atoms with E-state index in [4.69, 9.17) is 23.2 Å². The molecule has 0 spiro atoms. The summed E-state index contributed by atoms with van der Waals surface area (Å²) in [6.45, 7) is 3.87. The van der Waals surface area contributed by atoms with Crippen LogP contribution in [-0.4, -0.2) is 26.9 Å². The minimum atomic E-state index is 0.0960. The zero-order valence-corrected chi connectivity index (χ0v) is 20.1. The maximum Gasteiger partial charge on any atom is 0.276 e. The van der Waals surface area contributed by atoms with E-state index < -0.39 is 0 Å². The first-order valence-corrected chi connectivity index (χ1v) is 12.2. The fourth-order valence-electron chi connectivity index (χ4n) is 5.84. The summed E-state index contributed by atoms with van der Waals surface area (Å²) in [5.74, 6) is 1.29. The van der Waals surface area contributed by atoms with E-state index in [0.717, 1.165) is 36.5 Å². The van der Waals surface area contributed by atoms with E-state index in [9.17, 15) is 4.79 Å². The average Bonchev–Trinajstić information content (AvgIpc) is 3.00. The van der Waals surface area contributed by atoms with Crippen LogP contribution in [0.5, 0.6) is 0 Å². The molecule has 3 aromatic rings. The predicted molar refractivity (Wildman–Crippen MR) is 131 cm³/mol. The maximum absolute atomic E-state index is 13.4. The van der Waals surface area contributed by atoms with Crippen LogP contribution in [0.1, 0.15) is 36.1 Å². The summed E-state index contributed by atoms with van der Waals surface area (Å²) >= 11 is 12.4. The Labute approximate surface area is 199 Å². The Hall–Kier alpha value is -2.01. The molecule has 3 unspecified atom stereocenters. The molecule has 168 valence electrons. The Balaban J connectivity index is 1.40. The van der Waals surface area contributed by atoms with Crippen molar-refractivity contribution >= 4 is 23.2 Å². The van der Waals surface area contributed by atoms with Gasteiger partial charge in [0.25, 0.3) is 5.56 Å². The first-order valence-electron chi connectivity index (χ1n) is 11.4. The van der Waals surface area contributed by atoms with Crippen molar-refractivity contribution in [2.45, 2.75) is 45.2 Å². The first kappa shape index (κ1) is 21.8. The van der Waals surface area contributed by atoms with E-state index in [2.05, 4.69) is 17.9 Å². The van der Waals surface area contributed by atoms with Crippen LogP contribution in [0.2, 0.25) is 10.0 Å². The molecule has 1 aromatic heterocycles. The molecule has 4 nitrogen and oxygen atoms in total. The lowest BCUT2D eigenvalue weighted by atomic mass is 9.70. The number of benzene rings is 2. The lowest BCUT2D eigenvalue weighted by Gasteiger charge is -2.50. The summed E-state index contributed by atoms with van der Waals surface area (Å²) in [5, 5.41) is 1.24. The average molecular weight is 470 g/mol. The molecule has 3 heterocycles. The van der Waals surface area contributed by atoms with Gasteiger partial charge in [0.15, 0.2) is 0 Å². The van der Waals surface area contributed by atoms with Crippen LogP contribution in [0.25, 0.3) is 5.69 Å². The zero-order chi connectivity index (χ0) is 22.4. The molecule has 6 rings (SSSR count). The Bertz CT molecular complexity index is 1180. The summed E-state index contributed by atoms with van der Waals surface area (Å²) in [6, 6.07) is 16.4. The third kappa shape index (κ3) is 3.93. The van der Waals surface area contributed by atoms with E-state index in [0.29, 0.717) is 27.9 Å². The minimum Gasteiger partial charge on any atom is -0.295 e. The normalized spacial score (nSPS) is 23.1. The van der Waals surface area contributed by atoms with Crippen LogP contribution < -0.4 is 5.56 Å². The number of nitrogens with zero attached hydrogens (tertiary/aromatic N) is 3. The van der Waals surface area contributed by atoms with Gasteiger partial charge in [0.05, 0.1) is 21.3 Å².